The minimum atomic E-state index is -0.219. The van der Waals surface area contributed by atoms with Gasteiger partial charge in [0.15, 0.2) is 0 Å². The van der Waals surface area contributed by atoms with Crippen LogP contribution in [0.25, 0.3) is 0 Å². The van der Waals surface area contributed by atoms with Gasteiger partial charge >= 0.3 is 6.03 Å². The molecule has 2 amide bonds. The number of benzene rings is 2. The maximum absolute atomic E-state index is 13.3. The zero-order valence-electron chi connectivity index (χ0n) is 18.9. The Morgan fingerprint density at radius 1 is 0.970 bits per heavy atom. The molecule has 1 saturated heterocycles. The summed E-state index contributed by atoms with van der Waals surface area (Å²) in [5.41, 5.74) is 1.44. The zero-order chi connectivity index (χ0) is 23.2. The standard InChI is InChI=1S/C25H27N3O5/c1-30-17-8-10-18(11-9-17)33-24-21(6-4-14-26-24)27-25(29)28-15-5-7-22(28)20-13-12-19(31-2)16-23(20)32-3/h4,6,8-14,16,22H,5,7,15H2,1-3H3,(H,27,29)/t22-/m1/s1. The third-order valence-electron chi connectivity index (χ3n) is 5.60. The molecule has 0 aliphatic carbocycles. The first-order valence-electron chi connectivity index (χ1n) is 10.7. The van der Waals surface area contributed by atoms with Gasteiger partial charge in [0.25, 0.3) is 0 Å². The zero-order valence-corrected chi connectivity index (χ0v) is 18.9. The number of carbonyl (C=O) groups is 1. The number of carbonyl (C=O) groups excluding carboxylic acids is 1. The number of anilines is 1. The van der Waals surface area contributed by atoms with Crippen molar-refractivity contribution in [2.24, 2.45) is 0 Å². The number of nitrogens with zero attached hydrogens (tertiary/aromatic N) is 2. The van der Waals surface area contributed by atoms with Crippen molar-refractivity contribution >= 4 is 11.7 Å². The second-order valence-corrected chi connectivity index (χ2v) is 7.52. The van der Waals surface area contributed by atoms with Gasteiger partial charge in [-0.3, -0.25) is 0 Å². The topological polar surface area (TPSA) is 82.2 Å². The third kappa shape index (κ3) is 4.95. The summed E-state index contributed by atoms with van der Waals surface area (Å²) in [7, 11) is 4.84. The van der Waals surface area contributed by atoms with E-state index in [0.717, 1.165) is 24.2 Å². The molecule has 0 radical (unpaired) electrons. The van der Waals surface area contributed by atoms with Crippen LogP contribution < -0.4 is 24.3 Å². The summed E-state index contributed by atoms with van der Waals surface area (Å²) in [6.07, 6.45) is 3.36. The number of nitrogens with one attached hydrogen (secondary N) is 1. The molecule has 3 aromatic rings. The van der Waals surface area contributed by atoms with Gasteiger partial charge in [0.2, 0.25) is 5.88 Å². The Kier molecular flexibility index (Phi) is 6.83. The van der Waals surface area contributed by atoms with Gasteiger partial charge in [-0.25, -0.2) is 9.78 Å². The van der Waals surface area contributed by atoms with Crippen molar-refractivity contribution in [3.05, 3.63) is 66.4 Å². The van der Waals surface area contributed by atoms with Gasteiger partial charge in [0, 0.05) is 24.4 Å². The summed E-state index contributed by atoms with van der Waals surface area (Å²) in [6, 6.07) is 16.0. The van der Waals surface area contributed by atoms with Crippen LogP contribution in [0, 0.1) is 0 Å². The number of rotatable bonds is 7. The minimum absolute atomic E-state index is 0.103. The molecule has 1 atom stereocenters. The molecule has 0 bridgehead atoms. The second kappa shape index (κ2) is 10.1. The number of amides is 2. The molecule has 8 nitrogen and oxygen atoms in total. The van der Waals surface area contributed by atoms with Crippen molar-refractivity contribution in [1.29, 1.82) is 0 Å². The van der Waals surface area contributed by atoms with Gasteiger partial charge in [-0.15, -0.1) is 0 Å². The fraction of sp³-hybridized carbons (Fsp3) is 0.280. The summed E-state index contributed by atoms with van der Waals surface area (Å²) in [4.78, 5) is 19.4. The van der Waals surface area contributed by atoms with E-state index in [1.54, 1.807) is 63.9 Å². The summed E-state index contributed by atoms with van der Waals surface area (Å²) < 4.78 is 22.0. The number of urea groups is 1. The highest BCUT2D eigenvalue weighted by atomic mass is 16.5. The van der Waals surface area contributed by atoms with Crippen LogP contribution in [0.2, 0.25) is 0 Å². The van der Waals surface area contributed by atoms with Crippen LogP contribution in [0.15, 0.2) is 60.8 Å². The fourth-order valence-electron chi connectivity index (χ4n) is 3.94. The van der Waals surface area contributed by atoms with Crippen molar-refractivity contribution in [1.82, 2.24) is 9.88 Å². The highest BCUT2D eigenvalue weighted by Crippen LogP contribution is 2.39. The van der Waals surface area contributed by atoms with Gasteiger partial charge in [0.1, 0.15) is 28.7 Å². The van der Waals surface area contributed by atoms with E-state index >= 15 is 0 Å². The molecule has 4 rings (SSSR count). The summed E-state index contributed by atoms with van der Waals surface area (Å²) >= 11 is 0. The fourth-order valence-corrected chi connectivity index (χ4v) is 3.94. The van der Waals surface area contributed by atoms with Gasteiger partial charge in [-0.05, 0) is 61.4 Å². The first-order valence-corrected chi connectivity index (χ1v) is 10.7. The number of hydrogen-bond acceptors (Lipinski definition) is 6. The van der Waals surface area contributed by atoms with E-state index in [2.05, 4.69) is 10.3 Å². The lowest BCUT2D eigenvalue weighted by Crippen LogP contribution is -2.34. The summed E-state index contributed by atoms with van der Waals surface area (Å²) in [5, 5.41) is 2.96. The predicted octanol–water partition coefficient (Wildman–Crippen LogP) is 5.27. The highest BCUT2D eigenvalue weighted by molar-refractivity contribution is 5.91. The van der Waals surface area contributed by atoms with Gasteiger partial charge in [-0.1, -0.05) is 0 Å². The summed E-state index contributed by atoms with van der Waals surface area (Å²) in [6.45, 7) is 0.639. The van der Waals surface area contributed by atoms with Gasteiger partial charge < -0.3 is 29.2 Å². The number of methoxy groups -OCH3 is 3. The highest BCUT2D eigenvalue weighted by Gasteiger charge is 2.32. The van der Waals surface area contributed by atoms with Crippen LogP contribution in [0.5, 0.6) is 28.9 Å². The molecule has 0 spiro atoms. The number of hydrogen-bond donors (Lipinski definition) is 1. The molecule has 33 heavy (non-hydrogen) atoms. The number of likely N-dealkylation sites (tertiary alicyclic amines) is 1. The van der Waals surface area contributed by atoms with E-state index in [1.165, 1.54) is 0 Å². The molecule has 1 aromatic heterocycles. The molecule has 0 unspecified atom stereocenters. The normalized spacial score (nSPS) is 15.1. The first kappa shape index (κ1) is 22.3. The number of ether oxygens (including phenoxy) is 4. The second-order valence-electron chi connectivity index (χ2n) is 7.52. The van der Waals surface area contributed by atoms with E-state index < -0.39 is 0 Å². The lowest BCUT2D eigenvalue weighted by molar-refractivity contribution is 0.206. The molecule has 0 saturated carbocycles. The Balaban J connectivity index is 1.52. The monoisotopic (exact) mass is 449 g/mol. The Morgan fingerprint density at radius 2 is 1.70 bits per heavy atom. The quantitative estimate of drug-likeness (QED) is 0.529. The molecule has 172 valence electrons. The van der Waals surface area contributed by atoms with Gasteiger partial charge in [-0.2, -0.15) is 0 Å². The first-order chi connectivity index (χ1) is 16.1. The maximum Gasteiger partial charge on any atom is 0.322 e. The Hall–Kier alpha value is -3.94. The molecule has 1 aliphatic rings. The van der Waals surface area contributed by atoms with Crippen LogP contribution in [-0.4, -0.2) is 43.8 Å². The third-order valence-corrected chi connectivity index (χ3v) is 5.60. The van der Waals surface area contributed by atoms with E-state index in [0.29, 0.717) is 35.4 Å². The molecular weight excluding hydrogens is 422 g/mol. The molecule has 8 heteroatoms. The van der Waals surface area contributed by atoms with Crippen LogP contribution in [0.1, 0.15) is 24.4 Å². The predicted molar refractivity (Wildman–Crippen MR) is 125 cm³/mol. The molecule has 1 N–H and O–H groups in total. The van der Waals surface area contributed by atoms with Crippen LogP contribution >= 0.6 is 0 Å². The Bertz CT molecular complexity index is 1100. The molecular formula is C25H27N3O5. The lowest BCUT2D eigenvalue weighted by Gasteiger charge is -2.27. The van der Waals surface area contributed by atoms with E-state index in [4.69, 9.17) is 18.9 Å². The van der Waals surface area contributed by atoms with Crippen molar-refractivity contribution in [2.75, 3.05) is 33.2 Å². The lowest BCUT2D eigenvalue weighted by atomic mass is 10.0. The summed E-state index contributed by atoms with van der Waals surface area (Å²) in [5.74, 6) is 3.04. The molecule has 1 fully saturated rings. The van der Waals surface area contributed by atoms with Crippen molar-refractivity contribution in [3.63, 3.8) is 0 Å². The average Bonchev–Trinajstić information content (AvgIpc) is 3.35. The largest absolute Gasteiger partial charge is 0.497 e. The van der Waals surface area contributed by atoms with Crippen molar-refractivity contribution in [2.45, 2.75) is 18.9 Å². The molecule has 2 heterocycles. The minimum Gasteiger partial charge on any atom is -0.497 e. The van der Waals surface area contributed by atoms with Crippen LogP contribution in [-0.2, 0) is 0 Å². The number of pyridine rings is 1. The number of aromatic nitrogens is 1. The van der Waals surface area contributed by atoms with E-state index in [-0.39, 0.29) is 12.1 Å². The van der Waals surface area contributed by atoms with Crippen LogP contribution in [0.4, 0.5) is 10.5 Å². The maximum atomic E-state index is 13.3. The average molecular weight is 450 g/mol. The van der Waals surface area contributed by atoms with E-state index in [1.807, 2.05) is 23.1 Å². The van der Waals surface area contributed by atoms with E-state index in [9.17, 15) is 4.79 Å². The Labute approximate surface area is 193 Å². The SMILES string of the molecule is COc1ccc(Oc2ncccc2NC(=O)N2CCC[C@@H]2c2ccc(OC)cc2OC)cc1. The smallest absolute Gasteiger partial charge is 0.322 e. The molecule has 1 aliphatic heterocycles. The molecule has 2 aromatic carbocycles. The van der Waals surface area contributed by atoms with Crippen molar-refractivity contribution in [3.8, 4) is 28.9 Å². The van der Waals surface area contributed by atoms with Crippen molar-refractivity contribution < 1.29 is 23.7 Å². The van der Waals surface area contributed by atoms with Crippen LogP contribution in [0.3, 0.4) is 0 Å². The Morgan fingerprint density at radius 3 is 2.42 bits per heavy atom. The van der Waals surface area contributed by atoms with Gasteiger partial charge in [0.05, 0.1) is 27.4 Å².